The third kappa shape index (κ3) is 5.15. The van der Waals surface area contributed by atoms with E-state index in [1.807, 2.05) is 32.0 Å². The number of anilines is 1. The molecular formula is C25H22ClN3O4. The molecule has 0 aliphatic rings. The SMILES string of the molecule is Cc1noc(C)c1COc1ccccc1C(=O)Nc1ccc(=O)n(Cc2ccccc2Cl)c1. The Kier molecular flexibility index (Phi) is 6.60. The van der Waals surface area contributed by atoms with Crippen molar-refractivity contribution in [2.75, 3.05) is 5.32 Å². The Hall–Kier alpha value is -3.84. The molecule has 0 spiro atoms. The Morgan fingerprint density at radius 1 is 1.09 bits per heavy atom. The van der Waals surface area contributed by atoms with Gasteiger partial charge < -0.3 is 19.1 Å². The Bertz CT molecular complexity index is 1340. The molecule has 8 heteroatoms. The normalized spacial score (nSPS) is 10.8. The predicted molar refractivity (Wildman–Crippen MR) is 126 cm³/mol. The van der Waals surface area contributed by atoms with E-state index in [1.165, 1.54) is 10.6 Å². The lowest BCUT2D eigenvalue weighted by Crippen LogP contribution is -2.21. The molecule has 7 nitrogen and oxygen atoms in total. The van der Waals surface area contributed by atoms with Crippen LogP contribution in [0, 0.1) is 13.8 Å². The van der Waals surface area contributed by atoms with Gasteiger partial charge in [0.25, 0.3) is 11.5 Å². The third-order valence-electron chi connectivity index (χ3n) is 5.22. The van der Waals surface area contributed by atoms with Gasteiger partial charge in [-0.2, -0.15) is 0 Å². The second-order valence-electron chi connectivity index (χ2n) is 7.52. The van der Waals surface area contributed by atoms with Crippen molar-refractivity contribution in [1.29, 1.82) is 0 Å². The van der Waals surface area contributed by atoms with E-state index in [1.54, 1.807) is 42.6 Å². The number of aryl methyl sites for hydroxylation is 2. The van der Waals surface area contributed by atoms with Gasteiger partial charge in [-0.15, -0.1) is 0 Å². The number of hydrogen-bond donors (Lipinski definition) is 1. The van der Waals surface area contributed by atoms with Gasteiger partial charge in [0.1, 0.15) is 18.1 Å². The number of aromatic nitrogens is 2. The van der Waals surface area contributed by atoms with E-state index in [9.17, 15) is 9.59 Å². The van der Waals surface area contributed by atoms with Crippen LogP contribution in [-0.2, 0) is 13.2 Å². The van der Waals surface area contributed by atoms with Crippen LogP contribution >= 0.6 is 11.6 Å². The minimum Gasteiger partial charge on any atom is -0.488 e. The van der Waals surface area contributed by atoms with Crippen LogP contribution in [0.25, 0.3) is 0 Å². The molecule has 1 amide bonds. The van der Waals surface area contributed by atoms with Gasteiger partial charge in [-0.05, 0) is 43.7 Å². The molecule has 0 fully saturated rings. The molecular weight excluding hydrogens is 442 g/mol. The molecule has 0 aliphatic heterocycles. The van der Waals surface area contributed by atoms with Crippen LogP contribution in [0.5, 0.6) is 5.75 Å². The van der Waals surface area contributed by atoms with E-state index in [0.717, 1.165) is 16.8 Å². The summed E-state index contributed by atoms with van der Waals surface area (Å²) in [5, 5.41) is 7.33. The van der Waals surface area contributed by atoms with Crippen molar-refractivity contribution in [1.82, 2.24) is 9.72 Å². The molecule has 0 saturated heterocycles. The first-order valence-electron chi connectivity index (χ1n) is 10.3. The molecule has 0 saturated carbocycles. The number of halogens is 1. The summed E-state index contributed by atoms with van der Waals surface area (Å²) in [5.41, 5.74) is 3.05. The molecule has 2 aromatic carbocycles. The van der Waals surface area contributed by atoms with Gasteiger partial charge in [0.15, 0.2) is 0 Å². The first kappa shape index (κ1) is 22.4. The van der Waals surface area contributed by atoms with E-state index in [-0.39, 0.29) is 18.1 Å². The Labute approximate surface area is 195 Å². The molecule has 0 radical (unpaired) electrons. The molecule has 4 aromatic rings. The van der Waals surface area contributed by atoms with E-state index in [2.05, 4.69) is 10.5 Å². The zero-order valence-corrected chi connectivity index (χ0v) is 18.9. The van der Waals surface area contributed by atoms with Crippen molar-refractivity contribution in [3.8, 4) is 5.75 Å². The number of nitrogens with one attached hydrogen (secondary N) is 1. The molecule has 0 unspecified atom stereocenters. The average Bonchev–Trinajstić information content (AvgIpc) is 3.13. The zero-order chi connectivity index (χ0) is 23.4. The summed E-state index contributed by atoms with van der Waals surface area (Å²) in [4.78, 5) is 25.3. The summed E-state index contributed by atoms with van der Waals surface area (Å²) in [7, 11) is 0. The Morgan fingerprint density at radius 3 is 2.61 bits per heavy atom. The number of para-hydroxylation sites is 1. The highest BCUT2D eigenvalue weighted by Crippen LogP contribution is 2.23. The van der Waals surface area contributed by atoms with Gasteiger partial charge in [-0.1, -0.05) is 47.1 Å². The van der Waals surface area contributed by atoms with Crippen LogP contribution in [0.4, 0.5) is 5.69 Å². The van der Waals surface area contributed by atoms with Crippen LogP contribution in [0.3, 0.4) is 0 Å². The average molecular weight is 464 g/mol. The van der Waals surface area contributed by atoms with Gasteiger partial charge >= 0.3 is 0 Å². The summed E-state index contributed by atoms with van der Waals surface area (Å²) >= 11 is 6.23. The van der Waals surface area contributed by atoms with E-state index < -0.39 is 0 Å². The second-order valence-corrected chi connectivity index (χ2v) is 7.92. The standard InChI is InChI=1S/C25H22ClN3O4/c1-16-21(17(2)33-28-16)15-32-23-10-6-4-8-20(23)25(31)27-19-11-12-24(30)29(14-19)13-18-7-3-5-9-22(18)26/h3-12,14H,13,15H2,1-2H3,(H,27,31). The number of amides is 1. The fourth-order valence-electron chi connectivity index (χ4n) is 3.38. The third-order valence-corrected chi connectivity index (χ3v) is 5.59. The summed E-state index contributed by atoms with van der Waals surface area (Å²) in [5.74, 6) is 0.752. The maximum absolute atomic E-state index is 13.0. The van der Waals surface area contributed by atoms with Crippen LogP contribution in [0.1, 0.15) is 32.9 Å². The van der Waals surface area contributed by atoms with Gasteiger partial charge in [-0.3, -0.25) is 9.59 Å². The Morgan fingerprint density at radius 2 is 1.85 bits per heavy atom. The molecule has 2 aromatic heterocycles. The maximum atomic E-state index is 13.0. The lowest BCUT2D eigenvalue weighted by Gasteiger charge is -2.13. The number of carbonyl (C=O) groups excluding carboxylic acids is 1. The molecule has 0 bridgehead atoms. The highest BCUT2D eigenvalue weighted by molar-refractivity contribution is 6.31. The van der Waals surface area contributed by atoms with Crippen molar-refractivity contribution in [3.05, 3.63) is 110 Å². The molecule has 2 heterocycles. The monoisotopic (exact) mass is 463 g/mol. The van der Waals surface area contributed by atoms with Crippen LogP contribution in [0.15, 0.2) is 76.2 Å². The van der Waals surface area contributed by atoms with Crippen LogP contribution < -0.4 is 15.6 Å². The number of pyridine rings is 1. The number of ether oxygens (including phenoxy) is 1. The van der Waals surface area contributed by atoms with E-state index in [0.29, 0.717) is 34.3 Å². The van der Waals surface area contributed by atoms with Crippen molar-refractivity contribution < 1.29 is 14.1 Å². The van der Waals surface area contributed by atoms with Crippen LogP contribution in [-0.4, -0.2) is 15.6 Å². The quantitative estimate of drug-likeness (QED) is 0.417. The van der Waals surface area contributed by atoms with Gasteiger partial charge in [-0.25, -0.2) is 0 Å². The van der Waals surface area contributed by atoms with Gasteiger partial charge in [0.2, 0.25) is 0 Å². The number of benzene rings is 2. The lowest BCUT2D eigenvalue weighted by molar-refractivity contribution is 0.102. The predicted octanol–water partition coefficient (Wildman–Crippen LogP) is 4.99. The second kappa shape index (κ2) is 9.75. The van der Waals surface area contributed by atoms with Crippen molar-refractivity contribution >= 4 is 23.2 Å². The molecule has 0 aliphatic carbocycles. The fraction of sp³-hybridized carbons (Fsp3) is 0.160. The van der Waals surface area contributed by atoms with Crippen molar-refractivity contribution in [3.63, 3.8) is 0 Å². The smallest absolute Gasteiger partial charge is 0.259 e. The summed E-state index contributed by atoms with van der Waals surface area (Å²) in [6, 6.07) is 17.2. The topological polar surface area (TPSA) is 86.4 Å². The van der Waals surface area contributed by atoms with Crippen molar-refractivity contribution in [2.45, 2.75) is 27.0 Å². The van der Waals surface area contributed by atoms with Crippen molar-refractivity contribution in [2.24, 2.45) is 0 Å². The molecule has 4 rings (SSSR count). The molecule has 1 N–H and O–H groups in total. The maximum Gasteiger partial charge on any atom is 0.259 e. The molecule has 168 valence electrons. The molecule has 33 heavy (non-hydrogen) atoms. The van der Waals surface area contributed by atoms with Crippen LogP contribution in [0.2, 0.25) is 5.02 Å². The largest absolute Gasteiger partial charge is 0.488 e. The van der Waals surface area contributed by atoms with E-state index in [4.69, 9.17) is 20.9 Å². The van der Waals surface area contributed by atoms with E-state index >= 15 is 0 Å². The first-order chi connectivity index (χ1) is 15.9. The minimum absolute atomic E-state index is 0.198. The highest BCUT2D eigenvalue weighted by Gasteiger charge is 2.15. The van der Waals surface area contributed by atoms with Gasteiger partial charge in [0, 0.05) is 17.3 Å². The first-order valence-corrected chi connectivity index (χ1v) is 10.7. The fourth-order valence-corrected chi connectivity index (χ4v) is 3.57. The minimum atomic E-state index is -0.354. The number of nitrogens with zero attached hydrogens (tertiary/aromatic N) is 2. The summed E-state index contributed by atoms with van der Waals surface area (Å²) in [6.07, 6.45) is 1.59. The summed E-state index contributed by atoms with van der Waals surface area (Å²) in [6.45, 7) is 4.17. The van der Waals surface area contributed by atoms with Gasteiger partial charge in [0.05, 0.1) is 29.1 Å². The summed E-state index contributed by atoms with van der Waals surface area (Å²) < 4.78 is 12.6. The number of rotatable bonds is 7. The number of carbonyl (C=O) groups is 1. The number of hydrogen-bond acceptors (Lipinski definition) is 5. The lowest BCUT2D eigenvalue weighted by atomic mass is 10.1. The zero-order valence-electron chi connectivity index (χ0n) is 18.2. The highest BCUT2D eigenvalue weighted by atomic mass is 35.5. The molecule has 0 atom stereocenters. The Balaban J connectivity index is 1.52.